The first-order chi connectivity index (χ1) is 15.2. The number of piperidine rings is 1. The molecule has 0 aromatic heterocycles. The number of methoxy groups -OCH3 is 2. The molecule has 2 heterocycles. The third-order valence-electron chi connectivity index (χ3n) is 7.01. The lowest BCUT2D eigenvalue weighted by Crippen LogP contribution is -2.44. The first-order valence-corrected chi connectivity index (χ1v) is 11.6. The molecule has 1 fully saturated rings. The number of rotatable bonds is 8. The van der Waals surface area contributed by atoms with E-state index in [1.54, 1.807) is 14.2 Å². The summed E-state index contributed by atoms with van der Waals surface area (Å²) in [7, 11) is 3.40. The number of hydrogen-bond acceptors (Lipinski definition) is 5. The first-order valence-electron chi connectivity index (χ1n) is 11.6. The van der Waals surface area contributed by atoms with Gasteiger partial charge in [-0.3, -0.25) is 0 Å². The van der Waals surface area contributed by atoms with Gasteiger partial charge in [-0.2, -0.15) is 0 Å². The molecule has 0 bridgehead atoms. The summed E-state index contributed by atoms with van der Waals surface area (Å²) in [4.78, 5) is 2.61. The average Bonchev–Trinajstić information content (AvgIpc) is 2.83. The van der Waals surface area contributed by atoms with Gasteiger partial charge in [-0.15, -0.1) is 0 Å². The van der Waals surface area contributed by atoms with Crippen molar-refractivity contribution in [3.8, 4) is 11.5 Å². The number of nitrogens with zero attached hydrogens (tertiary/aromatic N) is 1. The Balaban J connectivity index is 1.36. The zero-order valence-corrected chi connectivity index (χ0v) is 18.9. The number of ether oxygens (including phenoxy) is 3. The third kappa shape index (κ3) is 4.89. The Morgan fingerprint density at radius 1 is 1.03 bits per heavy atom. The summed E-state index contributed by atoms with van der Waals surface area (Å²) < 4.78 is 17.7. The number of hydrogen-bond donors (Lipinski definition) is 1. The summed E-state index contributed by atoms with van der Waals surface area (Å²) in [5, 5.41) is 0. The largest absolute Gasteiger partial charge is 0.493 e. The van der Waals surface area contributed by atoms with Crippen LogP contribution in [0.25, 0.3) is 0 Å². The van der Waals surface area contributed by atoms with E-state index in [0.717, 1.165) is 43.9 Å². The molecule has 2 aliphatic heterocycles. The maximum Gasteiger partial charge on any atom is 0.164 e. The van der Waals surface area contributed by atoms with Gasteiger partial charge in [0.05, 0.1) is 26.9 Å². The summed E-state index contributed by atoms with van der Waals surface area (Å²) in [6, 6.07) is 14.8. The predicted octanol–water partition coefficient (Wildman–Crippen LogP) is 3.99. The van der Waals surface area contributed by atoms with Crippen LogP contribution in [0.2, 0.25) is 0 Å². The van der Waals surface area contributed by atoms with Gasteiger partial charge in [0.25, 0.3) is 0 Å². The summed E-state index contributed by atoms with van der Waals surface area (Å²) in [5.74, 6) is 2.27. The number of benzene rings is 2. The maximum atomic E-state index is 6.40. The van der Waals surface area contributed by atoms with Crippen molar-refractivity contribution in [2.24, 2.45) is 11.7 Å². The number of nitrogens with two attached hydrogens (primary N) is 1. The fourth-order valence-corrected chi connectivity index (χ4v) is 5.36. The SMILES string of the molecule is COc1ccc2c(c1OC)C(CN)C(C1CCN(CCCc3ccccc3)CC1)OC2. The van der Waals surface area contributed by atoms with Crippen molar-refractivity contribution in [3.63, 3.8) is 0 Å². The summed E-state index contributed by atoms with van der Waals surface area (Å²) in [6.07, 6.45) is 4.83. The van der Waals surface area contributed by atoms with Crippen molar-refractivity contribution >= 4 is 0 Å². The van der Waals surface area contributed by atoms with E-state index in [9.17, 15) is 0 Å². The molecule has 5 heteroatoms. The minimum absolute atomic E-state index is 0.142. The predicted molar refractivity (Wildman–Crippen MR) is 124 cm³/mol. The molecule has 2 aromatic carbocycles. The van der Waals surface area contributed by atoms with Gasteiger partial charge in [-0.05, 0) is 68.4 Å². The second-order valence-electron chi connectivity index (χ2n) is 8.76. The lowest BCUT2D eigenvalue weighted by molar-refractivity contribution is -0.0452. The molecule has 4 rings (SSSR count). The zero-order valence-electron chi connectivity index (χ0n) is 18.9. The van der Waals surface area contributed by atoms with E-state index in [4.69, 9.17) is 19.9 Å². The van der Waals surface area contributed by atoms with Crippen molar-refractivity contribution in [1.29, 1.82) is 0 Å². The first kappa shape index (κ1) is 22.1. The molecule has 0 radical (unpaired) electrons. The Morgan fingerprint density at radius 3 is 2.48 bits per heavy atom. The minimum Gasteiger partial charge on any atom is -0.493 e. The molecule has 5 nitrogen and oxygen atoms in total. The van der Waals surface area contributed by atoms with Crippen molar-refractivity contribution in [2.75, 3.05) is 40.4 Å². The lowest BCUT2D eigenvalue weighted by atomic mass is 9.77. The topological polar surface area (TPSA) is 57.0 Å². The standard InChI is InChI=1S/C26H36N2O3/c1-29-23-11-10-21-18-31-25(22(17-27)24(21)26(23)30-2)20-12-15-28(16-13-20)14-6-9-19-7-4-3-5-8-19/h3-5,7-8,10-11,20,22,25H,6,9,12-18,27H2,1-2H3. The molecule has 2 aromatic rings. The van der Waals surface area contributed by atoms with E-state index < -0.39 is 0 Å². The number of aryl methyl sites for hydroxylation is 1. The highest BCUT2D eigenvalue weighted by atomic mass is 16.5. The van der Waals surface area contributed by atoms with Gasteiger partial charge < -0.3 is 24.8 Å². The molecule has 0 aliphatic carbocycles. The Morgan fingerprint density at radius 2 is 1.81 bits per heavy atom. The van der Waals surface area contributed by atoms with Crippen molar-refractivity contribution in [2.45, 2.75) is 44.3 Å². The Labute approximate surface area is 186 Å². The van der Waals surface area contributed by atoms with Crippen LogP contribution < -0.4 is 15.2 Å². The van der Waals surface area contributed by atoms with E-state index in [0.29, 0.717) is 19.1 Å². The van der Waals surface area contributed by atoms with Gasteiger partial charge in [-0.1, -0.05) is 36.4 Å². The molecular weight excluding hydrogens is 388 g/mol. The van der Waals surface area contributed by atoms with Crippen LogP contribution in [0, 0.1) is 5.92 Å². The van der Waals surface area contributed by atoms with E-state index in [-0.39, 0.29) is 12.0 Å². The van der Waals surface area contributed by atoms with E-state index in [1.807, 2.05) is 6.07 Å². The second kappa shape index (κ2) is 10.5. The van der Waals surface area contributed by atoms with Gasteiger partial charge in [0.2, 0.25) is 0 Å². The molecule has 2 unspecified atom stereocenters. The van der Waals surface area contributed by atoms with Crippen molar-refractivity contribution in [1.82, 2.24) is 4.90 Å². The van der Waals surface area contributed by atoms with Crippen LogP contribution in [0.4, 0.5) is 0 Å². The van der Waals surface area contributed by atoms with Crippen LogP contribution in [0.5, 0.6) is 11.5 Å². The molecule has 0 saturated carbocycles. The van der Waals surface area contributed by atoms with Gasteiger partial charge in [0, 0.05) is 18.0 Å². The molecule has 0 spiro atoms. The Hall–Kier alpha value is -2.08. The summed E-state index contributed by atoms with van der Waals surface area (Å²) >= 11 is 0. The van der Waals surface area contributed by atoms with Crippen LogP contribution in [-0.2, 0) is 17.8 Å². The van der Waals surface area contributed by atoms with Crippen LogP contribution in [0.3, 0.4) is 0 Å². The molecule has 0 amide bonds. The van der Waals surface area contributed by atoms with Crippen molar-refractivity contribution < 1.29 is 14.2 Å². The highest BCUT2D eigenvalue weighted by molar-refractivity contribution is 5.53. The third-order valence-corrected chi connectivity index (χ3v) is 7.01. The van der Waals surface area contributed by atoms with Crippen molar-refractivity contribution in [3.05, 3.63) is 59.2 Å². The van der Waals surface area contributed by atoms with Crippen LogP contribution in [0.15, 0.2) is 42.5 Å². The lowest BCUT2D eigenvalue weighted by Gasteiger charge is -2.42. The second-order valence-corrected chi connectivity index (χ2v) is 8.76. The Kier molecular flexibility index (Phi) is 7.49. The zero-order chi connectivity index (χ0) is 21.6. The van der Waals surface area contributed by atoms with Gasteiger partial charge in [0.15, 0.2) is 11.5 Å². The smallest absolute Gasteiger partial charge is 0.164 e. The average molecular weight is 425 g/mol. The molecule has 2 atom stereocenters. The quantitative estimate of drug-likeness (QED) is 0.694. The molecule has 31 heavy (non-hydrogen) atoms. The Bertz CT molecular complexity index is 834. The fraction of sp³-hybridized carbons (Fsp3) is 0.538. The molecule has 2 aliphatic rings. The summed E-state index contributed by atoms with van der Waals surface area (Å²) in [5.41, 5.74) is 10.1. The van der Waals surface area contributed by atoms with Gasteiger partial charge in [-0.25, -0.2) is 0 Å². The minimum atomic E-state index is 0.142. The fourth-order valence-electron chi connectivity index (χ4n) is 5.36. The molecule has 168 valence electrons. The highest BCUT2D eigenvalue weighted by Crippen LogP contribution is 2.45. The van der Waals surface area contributed by atoms with E-state index >= 15 is 0 Å². The summed E-state index contributed by atoms with van der Waals surface area (Å²) in [6.45, 7) is 4.62. The van der Waals surface area contributed by atoms with Gasteiger partial charge in [0.1, 0.15) is 0 Å². The van der Waals surface area contributed by atoms with Gasteiger partial charge >= 0.3 is 0 Å². The normalized spacial score (nSPS) is 22.2. The van der Waals surface area contributed by atoms with Crippen LogP contribution >= 0.6 is 0 Å². The number of likely N-dealkylation sites (tertiary alicyclic amines) is 1. The number of fused-ring (bicyclic) bond motifs is 1. The maximum absolute atomic E-state index is 6.40. The molecule has 1 saturated heterocycles. The molecular formula is C26H36N2O3. The van der Waals surface area contributed by atoms with Crippen LogP contribution in [0.1, 0.15) is 41.9 Å². The van der Waals surface area contributed by atoms with E-state index in [2.05, 4.69) is 41.3 Å². The van der Waals surface area contributed by atoms with Crippen LogP contribution in [-0.4, -0.2) is 51.4 Å². The van der Waals surface area contributed by atoms with E-state index in [1.165, 1.54) is 29.7 Å². The highest BCUT2D eigenvalue weighted by Gasteiger charge is 2.39. The molecule has 2 N–H and O–H groups in total. The monoisotopic (exact) mass is 424 g/mol.